The molecule has 1 saturated heterocycles. The van der Waals surface area contributed by atoms with Crippen molar-refractivity contribution in [1.29, 1.82) is 0 Å². The Kier molecular flexibility index (Phi) is 4.57. The van der Waals surface area contributed by atoms with Gasteiger partial charge in [-0.25, -0.2) is 0 Å². The molecule has 0 spiro atoms. The van der Waals surface area contributed by atoms with E-state index in [2.05, 4.69) is 19.9 Å². The highest BCUT2D eigenvalue weighted by atomic mass is 16.5. The van der Waals surface area contributed by atoms with Crippen molar-refractivity contribution in [3.8, 4) is 17.4 Å². The third kappa shape index (κ3) is 3.87. The van der Waals surface area contributed by atoms with E-state index in [9.17, 15) is 0 Å². The Labute approximate surface area is 135 Å². The third-order valence-corrected chi connectivity index (χ3v) is 3.41. The molecular formula is C16H21N5O2. The molecule has 0 bridgehead atoms. The van der Waals surface area contributed by atoms with Crippen LogP contribution in [0.1, 0.15) is 13.8 Å². The summed E-state index contributed by atoms with van der Waals surface area (Å²) >= 11 is 0. The lowest BCUT2D eigenvalue weighted by atomic mass is 10.2. The molecule has 2 heterocycles. The average molecular weight is 315 g/mol. The standard InChI is InChI=1S/C16H21N5O2/c1-11(2)23-16-19-14(12-3-5-13(17)6-4-12)18-15(20-16)21-7-9-22-10-8-21/h3-6,11H,7-10,17H2,1-2H3. The molecule has 2 N–H and O–H groups in total. The van der Waals surface area contributed by atoms with E-state index in [1.165, 1.54) is 0 Å². The monoisotopic (exact) mass is 315 g/mol. The van der Waals surface area contributed by atoms with E-state index >= 15 is 0 Å². The molecule has 0 atom stereocenters. The number of aromatic nitrogens is 3. The Morgan fingerprint density at radius 2 is 1.78 bits per heavy atom. The molecule has 122 valence electrons. The Morgan fingerprint density at radius 3 is 2.43 bits per heavy atom. The van der Waals surface area contributed by atoms with Crippen LogP contribution in [0.5, 0.6) is 6.01 Å². The number of hydrogen-bond acceptors (Lipinski definition) is 7. The van der Waals surface area contributed by atoms with Crippen LogP contribution in [0.2, 0.25) is 0 Å². The smallest absolute Gasteiger partial charge is 0.322 e. The molecule has 0 radical (unpaired) electrons. The number of nitrogen functional groups attached to an aromatic ring is 1. The quantitative estimate of drug-likeness (QED) is 0.860. The zero-order valence-corrected chi connectivity index (χ0v) is 13.4. The van der Waals surface area contributed by atoms with Crippen LogP contribution in [0.3, 0.4) is 0 Å². The highest BCUT2D eigenvalue weighted by molar-refractivity contribution is 5.60. The summed E-state index contributed by atoms with van der Waals surface area (Å²) in [6.45, 7) is 6.74. The van der Waals surface area contributed by atoms with Crippen molar-refractivity contribution in [3.05, 3.63) is 24.3 Å². The van der Waals surface area contributed by atoms with E-state index in [4.69, 9.17) is 15.2 Å². The van der Waals surface area contributed by atoms with Crippen molar-refractivity contribution >= 4 is 11.6 Å². The second kappa shape index (κ2) is 6.78. The number of rotatable bonds is 4. The van der Waals surface area contributed by atoms with Gasteiger partial charge in [0.15, 0.2) is 5.82 Å². The van der Waals surface area contributed by atoms with Crippen molar-refractivity contribution in [3.63, 3.8) is 0 Å². The highest BCUT2D eigenvalue weighted by Crippen LogP contribution is 2.22. The normalized spacial score (nSPS) is 15.0. The van der Waals surface area contributed by atoms with Gasteiger partial charge in [0.25, 0.3) is 0 Å². The Bertz CT molecular complexity index is 654. The van der Waals surface area contributed by atoms with Crippen LogP contribution in [-0.4, -0.2) is 47.4 Å². The molecule has 1 aromatic carbocycles. The van der Waals surface area contributed by atoms with E-state index in [1.807, 2.05) is 38.1 Å². The largest absolute Gasteiger partial charge is 0.461 e. The second-order valence-electron chi connectivity index (χ2n) is 5.63. The number of morpholine rings is 1. The summed E-state index contributed by atoms with van der Waals surface area (Å²) in [5.41, 5.74) is 7.33. The lowest BCUT2D eigenvalue weighted by Crippen LogP contribution is -2.37. The number of hydrogen-bond donors (Lipinski definition) is 1. The van der Waals surface area contributed by atoms with Gasteiger partial charge in [0.2, 0.25) is 5.95 Å². The molecule has 3 rings (SSSR count). The SMILES string of the molecule is CC(C)Oc1nc(-c2ccc(N)cc2)nc(N2CCOCC2)n1. The van der Waals surface area contributed by atoms with E-state index in [0.717, 1.165) is 18.7 Å². The molecule has 2 aromatic rings. The molecular weight excluding hydrogens is 294 g/mol. The number of nitrogens with zero attached hydrogens (tertiary/aromatic N) is 4. The van der Waals surface area contributed by atoms with Crippen LogP contribution in [-0.2, 0) is 4.74 Å². The fourth-order valence-electron chi connectivity index (χ4n) is 2.28. The van der Waals surface area contributed by atoms with E-state index in [0.29, 0.717) is 36.7 Å². The minimum absolute atomic E-state index is 0.00536. The Morgan fingerprint density at radius 1 is 1.09 bits per heavy atom. The summed E-state index contributed by atoms with van der Waals surface area (Å²) in [5.74, 6) is 1.20. The second-order valence-corrected chi connectivity index (χ2v) is 5.63. The maximum Gasteiger partial charge on any atom is 0.322 e. The van der Waals surface area contributed by atoms with Gasteiger partial charge in [-0.2, -0.15) is 15.0 Å². The van der Waals surface area contributed by atoms with E-state index < -0.39 is 0 Å². The summed E-state index contributed by atoms with van der Waals surface area (Å²) in [6.07, 6.45) is -0.00536. The van der Waals surface area contributed by atoms with Crippen molar-refractivity contribution < 1.29 is 9.47 Å². The summed E-state index contributed by atoms with van der Waals surface area (Å²) < 4.78 is 11.1. The molecule has 23 heavy (non-hydrogen) atoms. The average Bonchev–Trinajstić information content (AvgIpc) is 2.55. The topological polar surface area (TPSA) is 86.4 Å². The number of anilines is 2. The number of ether oxygens (including phenoxy) is 2. The zero-order valence-electron chi connectivity index (χ0n) is 13.4. The van der Waals surface area contributed by atoms with Gasteiger partial charge in [0.05, 0.1) is 19.3 Å². The maximum absolute atomic E-state index is 5.75. The highest BCUT2D eigenvalue weighted by Gasteiger charge is 2.18. The van der Waals surface area contributed by atoms with Gasteiger partial charge in [-0.1, -0.05) is 0 Å². The van der Waals surface area contributed by atoms with Crippen LogP contribution < -0.4 is 15.4 Å². The van der Waals surface area contributed by atoms with Crippen LogP contribution >= 0.6 is 0 Å². The van der Waals surface area contributed by atoms with Gasteiger partial charge in [-0.05, 0) is 38.1 Å². The van der Waals surface area contributed by atoms with Crippen molar-refractivity contribution in [2.75, 3.05) is 36.9 Å². The van der Waals surface area contributed by atoms with Crippen molar-refractivity contribution in [1.82, 2.24) is 15.0 Å². The van der Waals surface area contributed by atoms with Gasteiger partial charge in [0.1, 0.15) is 0 Å². The third-order valence-electron chi connectivity index (χ3n) is 3.41. The molecule has 0 aliphatic carbocycles. The minimum Gasteiger partial charge on any atom is -0.461 e. The predicted molar refractivity (Wildman–Crippen MR) is 88.5 cm³/mol. The van der Waals surface area contributed by atoms with Gasteiger partial charge in [-0.15, -0.1) is 0 Å². The lowest BCUT2D eigenvalue weighted by Gasteiger charge is -2.27. The summed E-state index contributed by atoms with van der Waals surface area (Å²) in [7, 11) is 0. The molecule has 7 nitrogen and oxygen atoms in total. The zero-order chi connectivity index (χ0) is 16.2. The molecule has 0 amide bonds. The summed E-state index contributed by atoms with van der Waals surface area (Å²) in [5, 5.41) is 0. The maximum atomic E-state index is 5.75. The van der Waals surface area contributed by atoms with E-state index in [-0.39, 0.29) is 6.10 Å². The molecule has 1 aliphatic heterocycles. The first-order valence-electron chi connectivity index (χ1n) is 7.73. The van der Waals surface area contributed by atoms with Crippen LogP contribution in [0, 0.1) is 0 Å². The number of nitrogens with two attached hydrogens (primary N) is 1. The molecule has 1 fully saturated rings. The fraction of sp³-hybridized carbons (Fsp3) is 0.438. The van der Waals surface area contributed by atoms with Gasteiger partial charge in [0, 0.05) is 24.3 Å². The van der Waals surface area contributed by atoms with Crippen molar-refractivity contribution in [2.24, 2.45) is 0 Å². The van der Waals surface area contributed by atoms with Crippen LogP contribution in [0.4, 0.5) is 11.6 Å². The minimum atomic E-state index is -0.00536. The van der Waals surface area contributed by atoms with Crippen LogP contribution in [0.15, 0.2) is 24.3 Å². The van der Waals surface area contributed by atoms with Gasteiger partial charge in [-0.3, -0.25) is 0 Å². The lowest BCUT2D eigenvalue weighted by molar-refractivity contribution is 0.121. The predicted octanol–water partition coefficient (Wildman–Crippen LogP) is 1.74. The summed E-state index contributed by atoms with van der Waals surface area (Å²) in [6, 6.07) is 7.79. The molecule has 0 saturated carbocycles. The molecule has 1 aliphatic rings. The number of benzene rings is 1. The fourth-order valence-corrected chi connectivity index (χ4v) is 2.28. The van der Waals surface area contributed by atoms with Crippen molar-refractivity contribution in [2.45, 2.75) is 20.0 Å². The summed E-state index contributed by atoms with van der Waals surface area (Å²) in [4.78, 5) is 15.5. The van der Waals surface area contributed by atoms with Crippen LogP contribution in [0.25, 0.3) is 11.4 Å². The first-order valence-corrected chi connectivity index (χ1v) is 7.73. The Hall–Kier alpha value is -2.41. The van der Waals surface area contributed by atoms with Gasteiger partial charge >= 0.3 is 6.01 Å². The van der Waals surface area contributed by atoms with Gasteiger partial charge < -0.3 is 20.1 Å². The first-order chi connectivity index (χ1) is 11.1. The van der Waals surface area contributed by atoms with E-state index in [1.54, 1.807) is 0 Å². The molecule has 0 unspecified atom stereocenters. The first kappa shape index (κ1) is 15.5. The Balaban J connectivity index is 1.98. The molecule has 7 heteroatoms. The molecule has 1 aromatic heterocycles.